The van der Waals surface area contributed by atoms with E-state index in [0.717, 1.165) is 12.8 Å². The average Bonchev–Trinajstić information content (AvgIpc) is 2.04. The fraction of sp³-hybridized carbons (Fsp3) is 1.00. The van der Waals surface area contributed by atoms with Crippen LogP contribution in [0.1, 0.15) is 26.7 Å². The van der Waals surface area contributed by atoms with Gasteiger partial charge in [-0.15, -0.1) is 11.6 Å². The molecule has 0 aromatic heterocycles. The number of hydrogen-bond donors (Lipinski definition) is 0. The Morgan fingerprint density at radius 2 is 1.71 bits per heavy atom. The van der Waals surface area contributed by atoms with Crippen molar-refractivity contribution >= 4 is 11.6 Å². The number of rotatable bonds is 6. The molecule has 1 nitrogen and oxygen atoms in total. The lowest BCUT2D eigenvalue weighted by Crippen LogP contribution is -2.42. The summed E-state index contributed by atoms with van der Waals surface area (Å²) in [6, 6.07) is -0.0182. The van der Waals surface area contributed by atoms with E-state index in [2.05, 4.69) is 0 Å². The van der Waals surface area contributed by atoms with Gasteiger partial charge in [0, 0.05) is 18.5 Å². The average molecular weight is 232 g/mol. The highest BCUT2D eigenvalue weighted by molar-refractivity contribution is 6.18. The Balaban J connectivity index is 4.26. The van der Waals surface area contributed by atoms with Crippen LogP contribution in [0.25, 0.3) is 0 Å². The molecular formula is C9H17ClF3N. The summed E-state index contributed by atoms with van der Waals surface area (Å²) in [5, 5.41) is 0. The van der Waals surface area contributed by atoms with E-state index in [1.807, 2.05) is 13.8 Å². The maximum absolute atomic E-state index is 12.2. The zero-order valence-corrected chi connectivity index (χ0v) is 9.33. The first kappa shape index (κ1) is 14.0. The number of alkyl halides is 4. The lowest BCUT2D eigenvalue weighted by atomic mass is 10.1. The molecule has 0 fully saturated rings. The van der Waals surface area contributed by atoms with Gasteiger partial charge in [-0.1, -0.05) is 13.8 Å². The molecule has 0 aromatic rings. The molecule has 0 heterocycles. The molecule has 0 N–H and O–H groups in total. The molecule has 0 unspecified atom stereocenters. The lowest BCUT2D eigenvalue weighted by molar-refractivity contribution is -0.150. The number of nitrogens with zero attached hydrogens (tertiary/aromatic N) is 1. The topological polar surface area (TPSA) is 3.24 Å². The van der Waals surface area contributed by atoms with E-state index in [-0.39, 0.29) is 11.9 Å². The molecule has 0 aliphatic rings. The highest BCUT2D eigenvalue weighted by Gasteiger charge is 2.32. The molecule has 0 rings (SSSR count). The summed E-state index contributed by atoms with van der Waals surface area (Å²) in [5.74, 6) is 0.243. The van der Waals surface area contributed by atoms with Crippen molar-refractivity contribution in [3.8, 4) is 0 Å². The highest BCUT2D eigenvalue weighted by atomic mass is 35.5. The minimum absolute atomic E-state index is 0.0182. The van der Waals surface area contributed by atoms with E-state index >= 15 is 0 Å². The van der Waals surface area contributed by atoms with Crippen LogP contribution < -0.4 is 0 Å². The summed E-state index contributed by atoms with van der Waals surface area (Å²) in [4.78, 5) is 1.41. The summed E-state index contributed by atoms with van der Waals surface area (Å²) in [6.07, 6.45) is -2.68. The first-order valence-electron chi connectivity index (χ1n) is 4.81. The standard InChI is InChI=1S/C9H17ClF3N/c1-3-8(4-2)14(6-5-10)7-9(11,12)13/h8H,3-7H2,1-2H3. The van der Waals surface area contributed by atoms with Gasteiger partial charge in [-0.05, 0) is 12.8 Å². The molecule has 0 aliphatic carbocycles. The maximum atomic E-state index is 12.2. The quantitative estimate of drug-likeness (QED) is 0.634. The van der Waals surface area contributed by atoms with Crippen LogP contribution in [0.5, 0.6) is 0 Å². The van der Waals surface area contributed by atoms with Crippen molar-refractivity contribution in [3.05, 3.63) is 0 Å². The first-order valence-corrected chi connectivity index (χ1v) is 5.34. The summed E-state index contributed by atoms with van der Waals surface area (Å²) in [6.45, 7) is 3.23. The SMILES string of the molecule is CCC(CC)N(CCCl)CC(F)(F)F. The maximum Gasteiger partial charge on any atom is 0.401 e. The van der Waals surface area contributed by atoms with Crippen LogP contribution in [0, 0.1) is 0 Å². The molecule has 0 aromatic carbocycles. The van der Waals surface area contributed by atoms with Crippen LogP contribution in [-0.2, 0) is 0 Å². The van der Waals surface area contributed by atoms with Gasteiger partial charge in [-0.2, -0.15) is 13.2 Å². The summed E-state index contributed by atoms with van der Waals surface area (Å²) >= 11 is 5.47. The van der Waals surface area contributed by atoms with Crippen molar-refractivity contribution in [2.24, 2.45) is 0 Å². The Morgan fingerprint density at radius 1 is 1.21 bits per heavy atom. The smallest absolute Gasteiger partial charge is 0.291 e. The van der Waals surface area contributed by atoms with Crippen molar-refractivity contribution in [1.29, 1.82) is 0 Å². The van der Waals surface area contributed by atoms with Crippen LogP contribution in [0.2, 0.25) is 0 Å². The molecule has 0 bridgehead atoms. The van der Waals surface area contributed by atoms with Crippen molar-refractivity contribution in [3.63, 3.8) is 0 Å². The zero-order valence-electron chi connectivity index (χ0n) is 8.57. The van der Waals surface area contributed by atoms with E-state index in [9.17, 15) is 13.2 Å². The third kappa shape index (κ3) is 5.70. The van der Waals surface area contributed by atoms with Gasteiger partial charge in [-0.25, -0.2) is 0 Å². The minimum Gasteiger partial charge on any atom is -0.291 e. The van der Waals surface area contributed by atoms with E-state index in [0.29, 0.717) is 6.54 Å². The molecule has 0 amide bonds. The Labute approximate surface area is 88.2 Å². The zero-order chi connectivity index (χ0) is 11.2. The van der Waals surface area contributed by atoms with Crippen molar-refractivity contribution in [2.75, 3.05) is 19.0 Å². The van der Waals surface area contributed by atoms with Crippen LogP contribution in [0.3, 0.4) is 0 Å². The van der Waals surface area contributed by atoms with Gasteiger partial charge in [0.25, 0.3) is 0 Å². The van der Waals surface area contributed by atoms with Crippen molar-refractivity contribution in [2.45, 2.75) is 38.9 Å². The van der Waals surface area contributed by atoms with E-state index in [1.165, 1.54) is 4.90 Å². The Morgan fingerprint density at radius 3 is 2.00 bits per heavy atom. The van der Waals surface area contributed by atoms with Crippen LogP contribution in [-0.4, -0.2) is 36.1 Å². The predicted octanol–water partition coefficient (Wildman–Crippen LogP) is 3.28. The summed E-state index contributed by atoms with van der Waals surface area (Å²) < 4.78 is 36.5. The van der Waals surface area contributed by atoms with Gasteiger partial charge in [-0.3, -0.25) is 4.90 Å². The molecule has 0 atom stereocenters. The molecule has 0 spiro atoms. The van der Waals surface area contributed by atoms with E-state index in [4.69, 9.17) is 11.6 Å². The van der Waals surface area contributed by atoms with Gasteiger partial charge in [0.1, 0.15) is 0 Å². The molecule has 14 heavy (non-hydrogen) atoms. The number of hydrogen-bond acceptors (Lipinski definition) is 1. The van der Waals surface area contributed by atoms with Crippen LogP contribution in [0.4, 0.5) is 13.2 Å². The van der Waals surface area contributed by atoms with Gasteiger partial charge < -0.3 is 0 Å². The van der Waals surface area contributed by atoms with Gasteiger partial charge in [0.15, 0.2) is 0 Å². The molecule has 0 radical (unpaired) electrons. The van der Waals surface area contributed by atoms with Gasteiger partial charge in [0.2, 0.25) is 0 Å². The summed E-state index contributed by atoms with van der Waals surface area (Å²) in [5.41, 5.74) is 0. The predicted molar refractivity (Wildman–Crippen MR) is 52.7 cm³/mol. The van der Waals surface area contributed by atoms with Crippen molar-refractivity contribution < 1.29 is 13.2 Å². The molecule has 86 valence electrons. The molecule has 5 heteroatoms. The molecule has 0 saturated heterocycles. The second-order valence-electron chi connectivity index (χ2n) is 3.24. The van der Waals surface area contributed by atoms with Crippen LogP contribution in [0.15, 0.2) is 0 Å². The third-order valence-electron chi connectivity index (χ3n) is 2.21. The van der Waals surface area contributed by atoms with E-state index in [1.54, 1.807) is 0 Å². The van der Waals surface area contributed by atoms with Crippen molar-refractivity contribution in [1.82, 2.24) is 4.90 Å². The Kier molecular flexibility index (Phi) is 6.53. The van der Waals surface area contributed by atoms with Gasteiger partial charge in [0.05, 0.1) is 6.54 Å². The van der Waals surface area contributed by atoms with E-state index < -0.39 is 12.7 Å². The summed E-state index contributed by atoms with van der Waals surface area (Å²) in [7, 11) is 0. The highest BCUT2D eigenvalue weighted by Crippen LogP contribution is 2.20. The number of halogens is 4. The minimum atomic E-state index is -4.13. The second kappa shape index (κ2) is 6.51. The molecule has 0 aliphatic heterocycles. The lowest BCUT2D eigenvalue weighted by Gasteiger charge is -2.30. The second-order valence-corrected chi connectivity index (χ2v) is 3.62. The molecular weight excluding hydrogens is 215 g/mol. The Hall–Kier alpha value is 0.0400. The Bertz CT molecular complexity index is 145. The fourth-order valence-electron chi connectivity index (χ4n) is 1.53. The van der Waals surface area contributed by atoms with Gasteiger partial charge >= 0.3 is 6.18 Å². The third-order valence-corrected chi connectivity index (χ3v) is 2.38. The largest absolute Gasteiger partial charge is 0.401 e. The normalized spacial score (nSPS) is 12.9. The fourth-order valence-corrected chi connectivity index (χ4v) is 1.75. The molecule has 0 saturated carbocycles. The monoisotopic (exact) mass is 231 g/mol. The first-order chi connectivity index (χ1) is 6.44. The van der Waals surface area contributed by atoms with Crippen LogP contribution >= 0.6 is 11.6 Å².